The molecule has 0 spiro atoms. The number of aryl methyl sites for hydroxylation is 1. The molecule has 0 aliphatic carbocycles. The van der Waals surface area contributed by atoms with Crippen LogP contribution in [0, 0.1) is 0 Å². The zero-order chi connectivity index (χ0) is 22.7. The summed E-state index contributed by atoms with van der Waals surface area (Å²) in [4.78, 5) is 16.8. The predicted molar refractivity (Wildman–Crippen MR) is 121 cm³/mol. The molecule has 9 heteroatoms. The number of hydroxylamine groups is 1. The Hall–Kier alpha value is -2.17. The quantitative estimate of drug-likeness (QED) is 0.155. The first-order valence-corrected chi connectivity index (χ1v) is 11.2. The normalized spacial score (nSPS) is 11.3. The fourth-order valence-electron chi connectivity index (χ4n) is 2.89. The van der Waals surface area contributed by atoms with E-state index in [1.165, 1.54) is 11.8 Å². The first-order valence-electron chi connectivity index (χ1n) is 10.3. The van der Waals surface area contributed by atoms with Crippen molar-refractivity contribution in [1.82, 2.24) is 10.5 Å². The fourth-order valence-corrected chi connectivity index (χ4v) is 3.90. The molecule has 1 aromatic carbocycles. The van der Waals surface area contributed by atoms with Gasteiger partial charge in [-0.15, -0.1) is 11.8 Å². The van der Waals surface area contributed by atoms with Crippen molar-refractivity contribution in [2.24, 2.45) is 5.90 Å². The summed E-state index contributed by atoms with van der Waals surface area (Å²) in [5, 5.41) is 24.1. The topological polar surface area (TPSA) is 138 Å². The summed E-state index contributed by atoms with van der Waals surface area (Å²) < 4.78 is 5.77. The highest BCUT2D eigenvalue weighted by Gasteiger charge is 2.18. The van der Waals surface area contributed by atoms with Crippen LogP contribution in [-0.2, 0) is 11.2 Å². The van der Waals surface area contributed by atoms with E-state index in [-0.39, 0.29) is 0 Å². The van der Waals surface area contributed by atoms with Gasteiger partial charge >= 0.3 is 5.97 Å². The Balaban J connectivity index is 0.00000233. The highest BCUT2D eigenvalue weighted by atomic mass is 32.2. The summed E-state index contributed by atoms with van der Waals surface area (Å²) in [6.45, 7) is 1.20. The Morgan fingerprint density at radius 2 is 1.81 bits per heavy atom. The van der Waals surface area contributed by atoms with Crippen molar-refractivity contribution in [3.05, 3.63) is 54.4 Å². The van der Waals surface area contributed by atoms with Gasteiger partial charge in [0, 0.05) is 23.3 Å². The molecule has 1 unspecified atom stereocenters. The van der Waals surface area contributed by atoms with Gasteiger partial charge in [0.2, 0.25) is 0 Å². The van der Waals surface area contributed by atoms with Gasteiger partial charge in [0.15, 0.2) is 0 Å². The van der Waals surface area contributed by atoms with Gasteiger partial charge < -0.3 is 20.3 Å². The number of nitrogens with two attached hydrogens (primary N) is 1. The van der Waals surface area contributed by atoms with Gasteiger partial charge in [-0.25, -0.2) is 11.4 Å². The number of hydrogen-bond donors (Lipinski definition) is 5. The average molecular weight is 452 g/mol. The van der Waals surface area contributed by atoms with Gasteiger partial charge in [-0.1, -0.05) is 25.3 Å². The molecule has 2 rings (SSSR count). The van der Waals surface area contributed by atoms with E-state index in [0.29, 0.717) is 19.6 Å². The maximum atomic E-state index is 11.5. The number of aliphatic carboxylic acids is 1. The number of benzene rings is 1. The predicted octanol–water partition coefficient (Wildman–Crippen LogP) is 3.90. The summed E-state index contributed by atoms with van der Waals surface area (Å²) in [6.07, 6.45) is 7.92. The van der Waals surface area contributed by atoms with E-state index in [2.05, 4.69) is 16.4 Å². The Bertz CT molecular complexity index is 704. The third kappa shape index (κ3) is 12.3. The molecule has 0 aliphatic rings. The third-order valence-corrected chi connectivity index (χ3v) is 5.72. The maximum Gasteiger partial charge on any atom is 0.316 e. The zero-order valence-corrected chi connectivity index (χ0v) is 18.5. The molecule has 0 radical (unpaired) electrons. The molecule has 1 aromatic heterocycles. The molecule has 31 heavy (non-hydrogen) atoms. The number of rotatable bonds is 15. The number of hydrogen-bond acceptors (Lipinski definition) is 8. The first-order chi connectivity index (χ1) is 15.2. The number of carbonyl (C=O) groups is 1. The van der Waals surface area contributed by atoms with Gasteiger partial charge in [-0.2, -0.15) is 0 Å². The summed E-state index contributed by atoms with van der Waals surface area (Å²) in [5.41, 5.74) is 3.20. The van der Waals surface area contributed by atoms with E-state index >= 15 is 0 Å². The fraction of sp³-hybridized carbons (Fsp3) is 0.455. The second-order valence-electron chi connectivity index (χ2n) is 6.80. The van der Waals surface area contributed by atoms with E-state index in [9.17, 15) is 9.90 Å². The molecule has 0 saturated carbocycles. The Labute approximate surface area is 187 Å². The number of nitrogens with one attached hydrogen (secondary N) is 1. The molecule has 1 atom stereocenters. The van der Waals surface area contributed by atoms with Crippen molar-refractivity contribution in [3.8, 4) is 5.75 Å². The minimum absolute atomic E-state index is 0.448. The van der Waals surface area contributed by atoms with E-state index in [4.69, 9.17) is 15.2 Å². The van der Waals surface area contributed by atoms with Crippen molar-refractivity contribution in [2.45, 2.75) is 55.1 Å². The number of aromatic nitrogens is 1. The van der Waals surface area contributed by atoms with Crippen LogP contribution in [0.2, 0.25) is 0 Å². The second-order valence-corrected chi connectivity index (χ2v) is 8.08. The standard InChI is InChI=1S/C22H30N2O4S.H3NO/c25-22(26)21(10-3-1-2-5-16-24-27)29-20-13-11-19(12-14-20)28-17-7-9-18-8-4-6-15-23-18;1-2/h4,6,8,11-15,21,24,27H,1-3,5,7,9-10,16-17H2,(H,25,26);2H,1H2. The number of ether oxygens (including phenoxy) is 1. The van der Waals surface area contributed by atoms with E-state index in [1.54, 1.807) is 6.20 Å². The molecular weight excluding hydrogens is 418 g/mol. The lowest BCUT2D eigenvalue weighted by Gasteiger charge is -2.13. The highest BCUT2D eigenvalue weighted by molar-refractivity contribution is 8.00. The summed E-state index contributed by atoms with van der Waals surface area (Å²) >= 11 is 1.38. The average Bonchev–Trinajstić information content (AvgIpc) is 2.81. The second kappa shape index (κ2) is 17.5. The molecular formula is C22H33N3O5S. The van der Waals surface area contributed by atoms with Crippen LogP contribution in [0.4, 0.5) is 0 Å². The maximum absolute atomic E-state index is 11.5. The number of thioether (sulfide) groups is 1. The first kappa shape index (κ1) is 26.9. The molecule has 0 bridgehead atoms. The van der Waals surface area contributed by atoms with Crippen molar-refractivity contribution >= 4 is 17.7 Å². The van der Waals surface area contributed by atoms with Crippen LogP contribution < -0.4 is 16.1 Å². The zero-order valence-electron chi connectivity index (χ0n) is 17.7. The lowest BCUT2D eigenvalue weighted by molar-refractivity contribution is -0.136. The van der Waals surface area contributed by atoms with E-state index < -0.39 is 11.2 Å². The number of pyridine rings is 1. The minimum atomic E-state index is -0.776. The number of carboxylic acid groups (broad SMARTS) is 1. The molecule has 2 aromatic rings. The van der Waals surface area contributed by atoms with Crippen molar-refractivity contribution in [1.29, 1.82) is 0 Å². The van der Waals surface area contributed by atoms with Crippen molar-refractivity contribution in [3.63, 3.8) is 0 Å². The molecule has 172 valence electrons. The van der Waals surface area contributed by atoms with Crippen LogP contribution in [0.3, 0.4) is 0 Å². The Morgan fingerprint density at radius 3 is 2.45 bits per heavy atom. The molecule has 6 N–H and O–H groups in total. The van der Waals surface area contributed by atoms with Crippen LogP contribution in [0.25, 0.3) is 0 Å². The van der Waals surface area contributed by atoms with Gasteiger partial charge in [0.25, 0.3) is 0 Å². The van der Waals surface area contributed by atoms with Crippen LogP contribution in [0.15, 0.2) is 53.6 Å². The Morgan fingerprint density at radius 1 is 1.06 bits per heavy atom. The minimum Gasteiger partial charge on any atom is -0.494 e. The molecule has 1 heterocycles. The van der Waals surface area contributed by atoms with Gasteiger partial charge in [-0.3, -0.25) is 9.78 Å². The molecule has 0 saturated heterocycles. The van der Waals surface area contributed by atoms with E-state index in [1.807, 2.05) is 42.5 Å². The van der Waals surface area contributed by atoms with Crippen molar-refractivity contribution < 1.29 is 25.1 Å². The molecule has 0 amide bonds. The third-order valence-electron chi connectivity index (χ3n) is 4.45. The molecule has 8 nitrogen and oxygen atoms in total. The monoisotopic (exact) mass is 451 g/mol. The van der Waals surface area contributed by atoms with Crippen LogP contribution >= 0.6 is 11.8 Å². The molecule has 0 fully saturated rings. The smallest absolute Gasteiger partial charge is 0.316 e. The summed E-state index contributed by atoms with van der Waals surface area (Å²) in [7, 11) is 0. The van der Waals surface area contributed by atoms with Crippen LogP contribution in [0.1, 0.15) is 44.2 Å². The largest absolute Gasteiger partial charge is 0.494 e. The number of unbranched alkanes of at least 4 members (excludes halogenated alkanes) is 3. The Kier molecular flexibility index (Phi) is 15.2. The van der Waals surface area contributed by atoms with E-state index in [0.717, 1.165) is 54.9 Å². The number of carboxylic acids is 1. The number of nitrogens with zero attached hydrogens (tertiary/aromatic N) is 1. The van der Waals surface area contributed by atoms with Gasteiger partial charge in [-0.05, 0) is 62.1 Å². The van der Waals surface area contributed by atoms with Gasteiger partial charge in [0.05, 0.1) is 6.61 Å². The van der Waals surface area contributed by atoms with Crippen molar-refractivity contribution in [2.75, 3.05) is 13.2 Å². The highest BCUT2D eigenvalue weighted by Crippen LogP contribution is 2.29. The lowest BCUT2D eigenvalue weighted by Crippen LogP contribution is -2.16. The van der Waals surface area contributed by atoms with Crippen LogP contribution in [0.5, 0.6) is 5.75 Å². The SMILES string of the molecule is NO.O=C(O)C(CCCCCCNO)Sc1ccc(OCCCc2ccccn2)cc1. The summed E-state index contributed by atoms with van der Waals surface area (Å²) in [5.74, 6) is 3.52. The van der Waals surface area contributed by atoms with Crippen LogP contribution in [-0.4, -0.2) is 44.9 Å². The van der Waals surface area contributed by atoms with Gasteiger partial charge in [0.1, 0.15) is 11.0 Å². The summed E-state index contributed by atoms with van der Waals surface area (Å²) in [6, 6.07) is 13.5. The molecule has 0 aliphatic heterocycles. The lowest BCUT2D eigenvalue weighted by atomic mass is 10.1.